The van der Waals surface area contributed by atoms with Crippen molar-refractivity contribution >= 4 is 0 Å². The summed E-state index contributed by atoms with van der Waals surface area (Å²) in [5.74, 6) is 0. The maximum atomic E-state index is 10.3. The highest BCUT2D eigenvalue weighted by Crippen LogP contribution is 2.26. The Morgan fingerprint density at radius 2 is 2.11 bits per heavy atom. The number of fused-ring (bicyclic) bond motifs is 1. The summed E-state index contributed by atoms with van der Waals surface area (Å²) in [5, 5.41) is 14.6. The SMILES string of the molecule is Cn1ccc(CC(O)c2ccc3c(c2)CCC3)n1. The molecule has 1 unspecified atom stereocenters. The van der Waals surface area contributed by atoms with Gasteiger partial charge in [0.1, 0.15) is 0 Å². The molecule has 94 valence electrons. The molecule has 18 heavy (non-hydrogen) atoms. The second-order valence-corrected chi connectivity index (χ2v) is 5.08. The van der Waals surface area contributed by atoms with Crippen molar-refractivity contribution in [3.8, 4) is 0 Å². The van der Waals surface area contributed by atoms with Gasteiger partial charge in [-0.05, 0) is 42.0 Å². The van der Waals surface area contributed by atoms with Crippen molar-refractivity contribution in [2.75, 3.05) is 0 Å². The minimum Gasteiger partial charge on any atom is -0.388 e. The first-order chi connectivity index (χ1) is 8.72. The van der Waals surface area contributed by atoms with Gasteiger partial charge < -0.3 is 5.11 Å². The van der Waals surface area contributed by atoms with Gasteiger partial charge in [0, 0.05) is 19.7 Å². The maximum Gasteiger partial charge on any atom is 0.0846 e. The third kappa shape index (κ3) is 2.18. The van der Waals surface area contributed by atoms with Crippen LogP contribution in [0.2, 0.25) is 0 Å². The van der Waals surface area contributed by atoms with E-state index in [-0.39, 0.29) is 0 Å². The summed E-state index contributed by atoms with van der Waals surface area (Å²) in [5.41, 5.74) is 4.81. The fourth-order valence-corrected chi connectivity index (χ4v) is 2.69. The number of aliphatic hydroxyl groups is 1. The zero-order valence-corrected chi connectivity index (χ0v) is 10.6. The molecule has 1 atom stereocenters. The van der Waals surface area contributed by atoms with E-state index in [1.807, 2.05) is 19.3 Å². The lowest BCUT2D eigenvalue weighted by atomic mass is 10.00. The topological polar surface area (TPSA) is 38.0 Å². The molecule has 1 heterocycles. The van der Waals surface area contributed by atoms with E-state index in [9.17, 15) is 5.11 Å². The van der Waals surface area contributed by atoms with Gasteiger partial charge in [-0.1, -0.05) is 18.2 Å². The molecule has 2 aromatic rings. The van der Waals surface area contributed by atoms with Crippen LogP contribution < -0.4 is 0 Å². The minimum atomic E-state index is -0.453. The molecule has 1 aliphatic carbocycles. The molecule has 0 radical (unpaired) electrons. The summed E-state index contributed by atoms with van der Waals surface area (Å²) in [7, 11) is 1.89. The zero-order chi connectivity index (χ0) is 12.5. The number of hydrogen-bond donors (Lipinski definition) is 1. The van der Waals surface area contributed by atoms with Crippen molar-refractivity contribution in [3.05, 3.63) is 52.8 Å². The molecule has 1 aromatic heterocycles. The van der Waals surface area contributed by atoms with Crippen LogP contribution in [-0.4, -0.2) is 14.9 Å². The Morgan fingerprint density at radius 3 is 2.89 bits per heavy atom. The van der Waals surface area contributed by atoms with E-state index in [0.29, 0.717) is 6.42 Å². The summed E-state index contributed by atoms with van der Waals surface area (Å²) in [6.07, 6.45) is 5.62. The molecule has 3 heteroatoms. The molecule has 1 aliphatic rings. The van der Waals surface area contributed by atoms with Gasteiger partial charge in [-0.3, -0.25) is 4.68 Å². The third-order valence-corrected chi connectivity index (χ3v) is 3.68. The van der Waals surface area contributed by atoms with Crippen molar-refractivity contribution in [3.63, 3.8) is 0 Å². The van der Waals surface area contributed by atoms with Crippen molar-refractivity contribution in [1.29, 1.82) is 0 Å². The van der Waals surface area contributed by atoms with Crippen LogP contribution in [0.15, 0.2) is 30.5 Å². The lowest BCUT2D eigenvalue weighted by Crippen LogP contribution is -2.04. The van der Waals surface area contributed by atoms with Crippen molar-refractivity contribution in [2.24, 2.45) is 7.05 Å². The Bertz CT molecular complexity index is 559. The average Bonchev–Trinajstić information content (AvgIpc) is 2.96. The highest BCUT2D eigenvalue weighted by atomic mass is 16.3. The Morgan fingerprint density at radius 1 is 1.28 bits per heavy atom. The predicted octanol–water partition coefficient (Wildman–Crippen LogP) is 2.18. The Hall–Kier alpha value is -1.61. The standard InChI is InChI=1S/C15H18N2O/c1-17-8-7-14(16-17)10-15(18)13-6-5-11-3-2-4-12(11)9-13/h5-9,15,18H,2-4,10H2,1H3. The zero-order valence-electron chi connectivity index (χ0n) is 10.6. The molecule has 0 spiro atoms. The van der Waals surface area contributed by atoms with Gasteiger partial charge in [-0.25, -0.2) is 0 Å². The van der Waals surface area contributed by atoms with E-state index in [1.54, 1.807) is 4.68 Å². The van der Waals surface area contributed by atoms with Gasteiger partial charge in [-0.2, -0.15) is 5.10 Å². The van der Waals surface area contributed by atoms with Crippen molar-refractivity contribution in [1.82, 2.24) is 9.78 Å². The van der Waals surface area contributed by atoms with Crippen LogP contribution in [-0.2, 0) is 26.3 Å². The van der Waals surface area contributed by atoms with Crippen LogP contribution in [0.4, 0.5) is 0 Å². The summed E-state index contributed by atoms with van der Waals surface area (Å²) < 4.78 is 1.77. The van der Waals surface area contributed by atoms with Crippen molar-refractivity contribution in [2.45, 2.75) is 31.8 Å². The number of aryl methyl sites for hydroxylation is 3. The van der Waals surface area contributed by atoms with Crippen molar-refractivity contribution < 1.29 is 5.11 Å². The molecule has 0 saturated carbocycles. The van der Waals surface area contributed by atoms with E-state index in [4.69, 9.17) is 0 Å². The Kier molecular flexibility index (Phi) is 2.92. The summed E-state index contributed by atoms with van der Waals surface area (Å²) in [6.45, 7) is 0. The summed E-state index contributed by atoms with van der Waals surface area (Å²) in [4.78, 5) is 0. The first-order valence-corrected chi connectivity index (χ1v) is 6.50. The third-order valence-electron chi connectivity index (χ3n) is 3.68. The second-order valence-electron chi connectivity index (χ2n) is 5.08. The molecule has 3 nitrogen and oxygen atoms in total. The Labute approximate surface area is 107 Å². The number of aromatic nitrogens is 2. The second kappa shape index (κ2) is 4.58. The fourth-order valence-electron chi connectivity index (χ4n) is 2.69. The molecule has 0 aliphatic heterocycles. The van der Waals surface area contributed by atoms with Gasteiger partial charge in [0.05, 0.1) is 11.8 Å². The van der Waals surface area contributed by atoms with Crippen LogP contribution in [0.3, 0.4) is 0 Å². The maximum absolute atomic E-state index is 10.3. The number of benzene rings is 1. The normalized spacial score (nSPS) is 15.7. The Balaban J connectivity index is 1.78. The largest absolute Gasteiger partial charge is 0.388 e. The van der Waals surface area contributed by atoms with Crippen LogP contribution in [0.1, 0.15) is 34.9 Å². The summed E-state index contributed by atoms with van der Waals surface area (Å²) in [6, 6.07) is 8.34. The number of rotatable bonds is 3. The van der Waals surface area contributed by atoms with Crippen LogP contribution >= 0.6 is 0 Å². The van der Waals surface area contributed by atoms with Gasteiger partial charge in [-0.15, -0.1) is 0 Å². The van der Waals surface area contributed by atoms with Gasteiger partial charge in [0.25, 0.3) is 0 Å². The molecule has 3 rings (SSSR count). The molecule has 0 bridgehead atoms. The predicted molar refractivity (Wildman–Crippen MR) is 70.3 cm³/mol. The van der Waals surface area contributed by atoms with E-state index in [1.165, 1.54) is 24.0 Å². The molecular formula is C15H18N2O. The number of aliphatic hydroxyl groups excluding tert-OH is 1. The lowest BCUT2D eigenvalue weighted by molar-refractivity contribution is 0.177. The first kappa shape index (κ1) is 11.5. The lowest BCUT2D eigenvalue weighted by Gasteiger charge is -2.11. The van der Waals surface area contributed by atoms with Gasteiger partial charge >= 0.3 is 0 Å². The van der Waals surface area contributed by atoms with E-state index < -0.39 is 6.10 Å². The number of nitrogens with zero attached hydrogens (tertiary/aromatic N) is 2. The minimum absolute atomic E-state index is 0.453. The molecular weight excluding hydrogens is 224 g/mol. The first-order valence-electron chi connectivity index (χ1n) is 6.50. The molecule has 0 fully saturated rings. The highest BCUT2D eigenvalue weighted by molar-refractivity contribution is 5.36. The smallest absolute Gasteiger partial charge is 0.0846 e. The molecule has 1 N–H and O–H groups in total. The van der Waals surface area contributed by atoms with Crippen LogP contribution in [0.25, 0.3) is 0 Å². The highest BCUT2D eigenvalue weighted by Gasteiger charge is 2.15. The summed E-state index contributed by atoms with van der Waals surface area (Å²) >= 11 is 0. The van der Waals surface area contributed by atoms with E-state index >= 15 is 0 Å². The number of hydrogen-bond acceptors (Lipinski definition) is 2. The monoisotopic (exact) mass is 242 g/mol. The average molecular weight is 242 g/mol. The van der Waals surface area contributed by atoms with E-state index in [2.05, 4.69) is 23.3 Å². The fraction of sp³-hybridized carbons (Fsp3) is 0.400. The van der Waals surface area contributed by atoms with Crippen LogP contribution in [0.5, 0.6) is 0 Å². The van der Waals surface area contributed by atoms with Crippen LogP contribution in [0, 0.1) is 0 Å². The van der Waals surface area contributed by atoms with Gasteiger partial charge in [0.15, 0.2) is 0 Å². The molecule has 1 aromatic carbocycles. The van der Waals surface area contributed by atoms with E-state index in [0.717, 1.165) is 17.7 Å². The molecule has 0 amide bonds. The molecule has 0 saturated heterocycles. The van der Waals surface area contributed by atoms with Gasteiger partial charge in [0.2, 0.25) is 0 Å². The quantitative estimate of drug-likeness (QED) is 0.896.